The molecule has 7 heteroatoms. The van der Waals surface area contributed by atoms with Crippen molar-refractivity contribution >= 4 is 29.2 Å². The number of carbonyl (C=O) groups is 1. The summed E-state index contributed by atoms with van der Waals surface area (Å²) in [5.41, 5.74) is 0.640. The van der Waals surface area contributed by atoms with E-state index >= 15 is 0 Å². The van der Waals surface area contributed by atoms with E-state index in [2.05, 4.69) is 9.97 Å². The van der Waals surface area contributed by atoms with Gasteiger partial charge in [0.15, 0.2) is 0 Å². The van der Waals surface area contributed by atoms with Crippen LogP contribution in [0.15, 0.2) is 23.0 Å². The number of carboxylic acid groups (broad SMARTS) is 1. The summed E-state index contributed by atoms with van der Waals surface area (Å²) in [5.74, 6) is -0.761. The first-order valence-corrected chi connectivity index (χ1v) is 6.41. The Kier molecular flexibility index (Phi) is 4.11. The number of hydrogen-bond donors (Lipinski definition) is 2. The Balaban J connectivity index is 2.52. The molecule has 1 aromatic heterocycles. The summed E-state index contributed by atoms with van der Waals surface area (Å²) in [4.78, 5) is 29.4. The minimum Gasteiger partial charge on any atom is -0.481 e. The van der Waals surface area contributed by atoms with Crippen LogP contribution in [-0.4, -0.2) is 21.0 Å². The molecule has 0 aliphatic heterocycles. The highest BCUT2D eigenvalue weighted by Gasteiger charge is 2.13. The topological polar surface area (TPSA) is 83.0 Å². The number of nitrogens with zero attached hydrogens (tertiary/aromatic N) is 1. The fourth-order valence-corrected chi connectivity index (χ4v) is 2.05. The van der Waals surface area contributed by atoms with E-state index in [0.29, 0.717) is 27.1 Å². The van der Waals surface area contributed by atoms with Crippen LogP contribution >= 0.6 is 23.2 Å². The molecule has 1 heterocycles. The van der Waals surface area contributed by atoms with Gasteiger partial charge in [-0.25, -0.2) is 4.98 Å². The van der Waals surface area contributed by atoms with Gasteiger partial charge in [0.2, 0.25) is 0 Å². The number of carboxylic acids is 1. The maximum absolute atomic E-state index is 11.9. The van der Waals surface area contributed by atoms with E-state index in [0.717, 1.165) is 0 Å². The molecule has 1 aromatic carbocycles. The van der Waals surface area contributed by atoms with Gasteiger partial charge in [-0.3, -0.25) is 9.59 Å². The maximum atomic E-state index is 11.9. The van der Waals surface area contributed by atoms with Crippen molar-refractivity contribution in [1.82, 2.24) is 9.97 Å². The van der Waals surface area contributed by atoms with Crippen LogP contribution in [0.5, 0.6) is 0 Å². The van der Waals surface area contributed by atoms with E-state index in [4.69, 9.17) is 28.3 Å². The van der Waals surface area contributed by atoms with Gasteiger partial charge in [-0.15, -0.1) is 0 Å². The zero-order valence-corrected chi connectivity index (χ0v) is 11.9. The van der Waals surface area contributed by atoms with Crippen LogP contribution in [0, 0.1) is 6.92 Å². The van der Waals surface area contributed by atoms with E-state index in [9.17, 15) is 9.59 Å². The van der Waals surface area contributed by atoms with Crippen LogP contribution < -0.4 is 5.56 Å². The second-order valence-corrected chi connectivity index (χ2v) is 4.99. The number of aromatic nitrogens is 2. The Morgan fingerprint density at radius 3 is 2.60 bits per heavy atom. The van der Waals surface area contributed by atoms with Gasteiger partial charge in [0.05, 0.1) is 16.5 Å². The molecule has 0 aliphatic carbocycles. The van der Waals surface area contributed by atoms with E-state index in [-0.39, 0.29) is 12.0 Å². The maximum Gasteiger partial charge on any atom is 0.308 e. The number of aliphatic carboxylic acids is 1. The SMILES string of the molecule is Cc1nc(-c2ccc(Cl)c(Cl)c2)[nH]c(=O)c1CC(=O)O. The molecule has 0 saturated heterocycles. The van der Waals surface area contributed by atoms with Gasteiger partial charge in [0.25, 0.3) is 5.56 Å². The Morgan fingerprint density at radius 2 is 2.05 bits per heavy atom. The number of H-pyrrole nitrogens is 1. The smallest absolute Gasteiger partial charge is 0.308 e. The number of hydrogen-bond acceptors (Lipinski definition) is 3. The molecule has 0 amide bonds. The zero-order chi connectivity index (χ0) is 14.9. The molecule has 0 radical (unpaired) electrons. The Labute approximate surface area is 124 Å². The van der Waals surface area contributed by atoms with Gasteiger partial charge in [-0.2, -0.15) is 0 Å². The highest BCUT2D eigenvalue weighted by Crippen LogP contribution is 2.26. The highest BCUT2D eigenvalue weighted by molar-refractivity contribution is 6.42. The lowest BCUT2D eigenvalue weighted by atomic mass is 10.1. The minimum atomic E-state index is -1.08. The van der Waals surface area contributed by atoms with Crippen LogP contribution in [0.4, 0.5) is 0 Å². The molecule has 104 valence electrons. The van der Waals surface area contributed by atoms with Crippen LogP contribution in [-0.2, 0) is 11.2 Å². The lowest BCUT2D eigenvalue weighted by Gasteiger charge is -2.06. The van der Waals surface area contributed by atoms with Gasteiger partial charge >= 0.3 is 5.97 Å². The molecule has 0 saturated carbocycles. The summed E-state index contributed by atoms with van der Waals surface area (Å²) >= 11 is 11.7. The largest absolute Gasteiger partial charge is 0.481 e. The van der Waals surface area contributed by atoms with E-state index in [1.807, 2.05) is 0 Å². The number of aryl methyl sites for hydroxylation is 1. The van der Waals surface area contributed by atoms with Crippen molar-refractivity contribution in [2.45, 2.75) is 13.3 Å². The Bertz CT molecular complexity index is 741. The van der Waals surface area contributed by atoms with Crippen molar-refractivity contribution < 1.29 is 9.90 Å². The summed E-state index contributed by atoms with van der Waals surface area (Å²) < 4.78 is 0. The summed E-state index contributed by atoms with van der Waals surface area (Å²) in [5, 5.41) is 9.50. The van der Waals surface area contributed by atoms with Crippen molar-refractivity contribution in [2.24, 2.45) is 0 Å². The second-order valence-electron chi connectivity index (χ2n) is 4.18. The van der Waals surface area contributed by atoms with E-state index in [1.54, 1.807) is 25.1 Å². The van der Waals surface area contributed by atoms with Gasteiger partial charge in [0, 0.05) is 16.8 Å². The third-order valence-electron chi connectivity index (χ3n) is 2.74. The molecule has 0 aliphatic rings. The summed E-state index contributed by atoms with van der Waals surface area (Å²) in [6.07, 6.45) is -0.365. The lowest BCUT2D eigenvalue weighted by molar-refractivity contribution is -0.136. The fraction of sp³-hybridized carbons (Fsp3) is 0.154. The summed E-state index contributed by atoms with van der Waals surface area (Å²) in [6.45, 7) is 1.59. The van der Waals surface area contributed by atoms with E-state index < -0.39 is 11.5 Å². The van der Waals surface area contributed by atoms with Crippen molar-refractivity contribution in [1.29, 1.82) is 0 Å². The minimum absolute atomic E-state index is 0.140. The zero-order valence-electron chi connectivity index (χ0n) is 10.4. The van der Waals surface area contributed by atoms with Crippen molar-refractivity contribution in [2.75, 3.05) is 0 Å². The standard InChI is InChI=1S/C13H10Cl2N2O3/c1-6-8(5-11(18)19)13(20)17-12(16-6)7-2-3-9(14)10(15)4-7/h2-4H,5H2,1H3,(H,18,19)(H,16,17,20). The third-order valence-corrected chi connectivity index (χ3v) is 3.48. The molecule has 20 heavy (non-hydrogen) atoms. The number of nitrogens with one attached hydrogen (secondary N) is 1. The average Bonchev–Trinajstić information content (AvgIpc) is 2.36. The van der Waals surface area contributed by atoms with Gasteiger partial charge in [-0.1, -0.05) is 23.2 Å². The van der Waals surface area contributed by atoms with Crippen LogP contribution in [0.2, 0.25) is 10.0 Å². The monoisotopic (exact) mass is 312 g/mol. The first kappa shape index (κ1) is 14.6. The molecule has 2 aromatic rings. The molecule has 0 bridgehead atoms. The van der Waals surface area contributed by atoms with Crippen LogP contribution in [0.3, 0.4) is 0 Å². The molecule has 0 spiro atoms. The number of aromatic amines is 1. The number of halogens is 2. The molecule has 5 nitrogen and oxygen atoms in total. The summed E-state index contributed by atoms with van der Waals surface area (Å²) in [7, 11) is 0. The molecule has 0 unspecified atom stereocenters. The van der Waals surface area contributed by atoms with Gasteiger partial charge in [0.1, 0.15) is 5.82 Å². The van der Waals surface area contributed by atoms with Gasteiger partial charge in [-0.05, 0) is 25.1 Å². The molecule has 2 rings (SSSR count). The highest BCUT2D eigenvalue weighted by atomic mass is 35.5. The number of benzene rings is 1. The first-order chi connectivity index (χ1) is 9.38. The van der Waals surface area contributed by atoms with Crippen molar-refractivity contribution in [3.8, 4) is 11.4 Å². The predicted molar refractivity (Wildman–Crippen MR) is 76.4 cm³/mol. The Morgan fingerprint density at radius 1 is 1.35 bits per heavy atom. The fourth-order valence-electron chi connectivity index (χ4n) is 1.75. The van der Waals surface area contributed by atoms with E-state index in [1.165, 1.54) is 0 Å². The average molecular weight is 313 g/mol. The third kappa shape index (κ3) is 3.00. The lowest BCUT2D eigenvalue weighted by Crippen LogP contribution is -2.20. The van der Waals surface area contributed by atoms with Crippen molar-refractivity contribution in [3.63, 3.8) is 0 Å². The molecule has 0 atom stereocenters. The van der Waals surface area contributed by atoms with Crippen molar-refractivity contribution in [3.05, 3.63) is 49.9 Å². The molecule has 2 N–H and O–H groups in total. The summed E-state index contributed by atoms with van der Waals surface area (Å²) in [6, 6.07) is 4.85. The normalized spacial score (nSPS) is 10.6. The molecule has 0 fully saturated rings. The Hall–Kier alpha value is -1.85. The quantitative estimate of drug-likeness (QED) is 0.912. The second kappa shape index (κ2) is 5.64. The predicted octanol–water partition coefficient (Wildman–Crippen LogP) is 2.68. The van der Waals surface area contributed by atoms with Crippen LogP contribution in [0.1, 0.15) is 11.3 Å². The number of rotatable bonds is 3. The van der Waals surface area contributed by atoms with Crippen LogP contribution in [0.25, 0.3) is 11.4 Å². The first-order valence-electron chi connectivity index (χ1n) is 5.65. The molecular weight excluding hydrogens is 303 g/mol. The van der Waals surface area contributed by atoms with Gasteiger partial charge < -0.3 is 10.1 Å². The molecular formula is C13H10Cl2N2O3.